The summed E-state index contributed by atoms with van der Waals surface area (Å²) in [6.45, 7) is 13.4. The van der Waals surface area contributed by atoms with Gasteiger partial charge in [0.15, 0.2) is 0 Å². The SMILES string of the molecule is CCN(c1cc(-c2ccc3c(c2)C=CC32CCOCC2)cc(C(=O)NCc2c(OC)cc(C)[nH]c2=O)c1C)C1CCOC(C)(C)C1. The van der Waals surface area contributed by atoms with Gasteiger partial charge >= 0.3 is 0 Å². The molecule has 1 aromatic heterocycles. The van der Waals surface area contributed by atoms with Crippen molar-refractivity contribution in [3.63, 3.8) is 0 Å². The molecule has 1 unspecified atom stereocenters. The molecule has 2 aliphatic heterocycles. The third kappa shape index (κ3) is 6.13. The van der Waals surface area contributed by atoms with Gasteiger partial charge < -0.3 is 29.4 Å². The number of aromatic nitrogens is 1. The van der Waals surface area contributed by atoms with Crippen molar-refractivity contribution >= 4 is 17.7 Å². The van der Waals surface area contributed by atoms with Gasteiger partial charge in [-0.05, 0) is 112 Å². The number of ether oxygens (including phenoxy) is 3. The van der Waals surface area contributed by atoms with Crippen molar-refractivity contribution in [3.8, 4) is 16.9 Å². The number of fused-ring (bicyclic) bond motifs is 2. The van der Waals surface area contributed by atoms with Crippen LogP contribution in [-0.4, -0.2) is 56.0 Å². The minimum absolute atomic E-state index is 0.0533. The van der Waals surface area contributed by atoms with Crippen molar-refractivity contribution in [1.82, 2.24) is 10.3 Å². The van der Waals surface area contributed by atoms with E-state index in [0.717, 1.165) is 67.8 Å². The van der Waals surface area contributed by atoms with E-state index in [2.05, 4.69) is 72.4 Å². The van der Waals surface area contributed by atoms with Crippen LogP contribution in [0.5, 0.6) is 5.75 Å². The third-order valence-corrected chi connectivity index (χ3v) is 10.2. The van der Waals surface area contributed by atoms with Gasteiger partial charge in [0.05, 0.1) is 24.8 Å². The van der Waals surface area contributed by atoms with Crippen LogP contribution in [0.15, 0.2) is 47.3 Å². The Bertz CT molecular complexity index is 1720. The first kappa shape index (κ1) is 32.1. The molecule has 8 nitrogen and oxygen atoms in total. The summed E-state index contributed by atoms with van der Waals surface area (Å²) in [7, 11) is 1.53. The molecule has 1 aliphatic carbocycles. The second-order valence-corrected chi connectivity index (χ2v) is 13.6. The Balaban J connectivity index is 1.40. The summed E-state index contributed by atoms with van der Waals surface area (Å²) >= 11 is 0. The average Bonchev–Trinajstić information content (AvgIpc) is 3.37. The number of carbonyl (C=O) groups is 1. The van der Waals surface area contributed by atoms with Gasteiger partial charge in [0, 0.05) is 54.8 Å². The minimum Gasteiger partial charge on any atom is -0.496 e. The number of benzene rings is 2. The average molecular weight is 626 g/mol. The predicted molar refractivity (Wildman–Crippen MR) is 183 cm³/mol. The summed E-state index contributed by atoms with van der Waals surface area (Å²) in [5.41, 5.74) is 7.89. The molecule has 8 heteroatoms. The van der Waals surface area contributed by atoms with Gasteiger partial charge in [0.25, 0.3) is 11.5 Å². The molecule has 0 radical (unpaired) electrons. The maximum atomic E-state index is 14.0. The van der Waals surface area contributed by atoms with Crippen LogP contribution in [0.1, 0.15) is 84.8 Å². The van der Waals surface area contributed by atoms with Gasteiger partial charge in [-0.15, -0.1) is 0 Å². The van der Waals surface area contributed by atoms with Crippen molar-refractivity contribution in [2.24, 2.45) is 0 Å². The summed E-state index contributed by atoms with van der Waals surface area (Å²) in [6, 6.07) is 13.0. The Labute approximate surface area is 272 Å². The lowest BCUT2D eigenvalue weighted by atomic mass is 9.76. The lowest BCUT2D eigenvalue weighted by Gasteiger charge is -2.42. The number of carbonyl (C=O) groups excluding carboxylic acids is 1. The molecule has 2 fully saturated rings. The zero-order valence-corrected chi connectivity index (χ0v) is 28.0. The molecule has 244 valence electrons. The maximum absolute atomic E-state index is 14.0. The smallest absolute Gasteiger partial charge is 0.256 e. The molecule has 2 saturated heterocycles. The maximum Gasteiger partial charge on any atom is 0.256 e. The highest BCUT2D eigenvalue weighted by Gasteiger charge is 2.37. The summed E-state index contributed by atoms with van der Waals surface area (Å²) in [6.07, 6.45) is 8.43. The minimum atomic E-state index is -0.268. The first-order chi connectivity index (χ1) is 22.0. The fraction of sp³-hybridized carbons (Fsp3) is 0.474. The highest BCUT2D eigenvalue weighted by molar-refractivity contribution is 5.99. The standard InChI is InChI=1S/C38H47N3O5/c1-7-41(29-11-15-46-37(4,5)22-29)33-21-28(26-8-9-32-27(19-26)10-12-38(32)13-16-45-17-14-38)20-30(25(33)3)35(42)39-23-31-34(44-6)18-24(2)40-36(31)43/h8-10,12,18-21,29H,7,11,13-17,22-23H2,1-6H3,(H,39,42)(H,40,43). The van der Waals surface area contributed by atoms with Crippen LogP contribution in [-0.2, 0) is 21.4 Å². The zero-order valence-electron chi connectivity index (χ0n) is 28.0. The van der Waals surface area contributed by atoms with E-state index in [0.29, 0.717) is 29.2 Å². The zero-order chi connectivity index (χ0) is 32.6. The molecule has 46 heavy (non-hydrogen) atoms. The van der Waals surface area contributed by atoms with Gasteiger partial charge in [-0.2, -0.15) is 0 Å². The molecule has 2 N–H and O–H groups in total. The molecule has 3 aliphatic rings. The molecule has 1 spiro atoms. The molecular weight excluding hydrogens is 578 g/mol. The first-order valence-electron chi connectivity index (χ1n) is 16.6. The van der Waals surface area contributed by atoms with E-state index in [4.69, 9.17) is 14.2 Å². The number of anilines is 1. The number of nitrogens with one attached hydrogen (secondary N) is 2. The molecule has 0 saturated carbocycles. The number of H-pyrrole nitrogens is 1. The molecule has 3 aromatic rings. The van der Waals surface area contributed by atoms with Crippen molar-refractivity contribution in [3.05, 3.63) is 86.3 Å². The van der Waals surface area contributed by atoms with Crippen LogP contribution in [0.2, 0.25) is 0 Å². The highest BCUT2D eigenvalue weighted by atomic mass is 16.5. The van der Waals surface area contributed by atoms with Gasteiger partial charge in [0.2, 0.25) is 0 Å². The molecule has 3 heterocycles. The van der Waals surface area contributed by atoms with Gasteiger partial charge in [-0.1, -0.05) is 24.3 Å². The van der Waals surface area contributed by atoms with E-state index in [-0.39, 0.29) is 35.1 Å². The molecule has 6 rings (SSSR count). The lowest BCUT2D eigenvalue weighted by Crippen LogP contribution is -2.46. The van der Waals surface area contributed by atoms with Crippen molar-refractivity contribution in [1.29, 1.82) is 0 Å². The van der Waals surface area contributed by atoms with E-state index < -0.39 is 0 Å². The molecular formula is C38H47N3O5. The summed E-state index contributed by atoms with van der Waals surface area (Å²) in [5.74, 6) is 0.230. The van der Waals surface area contributed by atoms with Crippen LogP contribution in [0, 0.1) is 13.8 Å². The van der Waals surface area contributed by atoms with E-state index in [1.807, 2.05) is 13.0 Å². The van der Waals surface area contributed by atoms with Crippen molar-refractivity contribution < 1.29 is 19.0 Å². The number of allylic oxidation sites excluding steroid dienone is 1. The third-order valence-electron chi connectivity index (χ3n) is 10.2. The predicted octanol–water partition coefficient (Wildman–Crippen LogP) is 6.46. The van der Waals surface area contributed by atoms with E-state index in [9.17, 15) is 9.59 Å². The quantitative estimate of drug-likeness (QED) is 0.299. The Morgan fingerprint density at radius 3 is 2.59 bits per heavy atom. The number of aryl methyl sites for hydroxylation is 1. The highest BCUT2D eigenvalue weighted by Crippen LogP contribution is 2.45. The molecule has 1 atom stereocenters. The Morgan fingerprint density at radius 2 is 1.87 bits per heavy atom. The van der Waals surface area contributed by atoms with Crippen molar-refractivity contribution in [2.75, 3.05) is 38.4 Å². The topological polar surface area (TPSA) is 92.9 Å². The number of amides is 1. The van der Waals surface area contributed by atoms with E-state index in [1.54, 1.807) is 13.0 Å². The van der Waals surface area contributed by atoms with Crippen LogP contribution < -0.4 is 20.5 Å². The second-order valence-electron chi connectivity index (χ2n) is 13.6. The Hall–Kier alpha value is -3.88. The van der Waals surface area contributed by atoms with Crippen LogP contribution >= 0.6 is 0 Å². The largest absolute Gasteiger partial charge is 0.496 e. The molecule has 2 aromatic carbocycles. The number of nitrogens with zero attached hydrogens (tertiary/aromatic N) is 1. The van der Waals surface area contributed by atoms with E-state index >= 15 is 0 Å². The first-order valence-corrected chi connectivity index (χ1v) is 16.6. The van der Waals surface area contributed by atoms with Crippen LogP contribution in [0.3, 0.4) is 0 Å². The normalized spacial score (nSPS) is 19.6. The number of hydrogen-bond donors (Lipinski definition) is 2. The Kier molecular flexibility index (Phi) is 8.87. The van der Waals surface area contributed by atoms with Gasteiger partial charge in [-0.3, -0.25) is 9.59 Å². The summed E-state index contributed by atoms with van der Waals surface area (Å²) in [4.78, 5) is 32.0. The van der Waals surface area contributed by atoms with Gasteiger partial charge in [-0.25, -0.2) is 0 Å². The fourth-order valence-electron chi connectivity index (χ4n) is 7.63. The number of hydrogen-bond acceptors (Lipinski definition) is 6. The number of methoxy groups -OCH3 is 1. The van der Waals surface area contributed by atoms with Crippen LogP contribution in [0.4, 0.5) is 5.69 Å². The fourth-order valence-corrected chi connectivity index (χ4v) is 7.63. The monoisotopic (exact) mass is 625 g/mol. The number of aromatic amines is 1. The number of rotatable bonds is 8. The van der Waals surface area contributed by atoms with Gasteiger partial charge in [0.1, 0.15) is 5.75 Å². The lowest BCUT2D eigenvalue weighted by molar-refractivity contribution is -0.0588. The van der Waals surface area contributed by atoms with Crippen LogP contribution in [0.25, 0.3) is 17.2 Å². The summed E-state index contributed by atoms with van der Waals surface area (Å²) in [5, 5.41) is 3.03. The van der Waals surface area contributed by atoms with Crippen molar-refractivity contribution in [2.45, 2.75) is 83.9 Å². The Morgan fingerprint density at radius 1 is 1.09 bits per heavy atom. The molecule has 0 bridgehead atoms. The van der Waals surface area contributed by atoms with E-state index in [1.165, 1.54) is 18.2 Å². The second kappa shape index (κ2) is 12.7. The number of pyridine rings is 1. The summed E-state index contributed by atoms with van der Waals surface area (Å²) < 4.78 is 17.2. The molecule has 1 amide bonds.